The molecule has 7 rings (SSSR count). The minimum atomic E-state index is -5.00. The molecule has 3 aromatic rings. The zero-order valence-corrected chi connectivity index (χ0v) is 20.8. The van der Waals surface area contributed by atoms with Gasteiger partial charge < -0.3 is 15.5 Å². The van der Waals surface area contributed by atoms with Crippen LogP contribution in [-0.4, -0.2) is 50.7 Å². The molecule has 216 valence electrons. The van der Waals surface area contributed by atoms with E-state index in [1.54, 1.807) is 0 Å². The minimum absolute atomic E-state index is 0.0956. The van der Waals surface area contributed by atoms with Crippen molar-refractivity contribution in [3.8, 4) is 6.07 Å². The van der Waals surface area contributed by atoms with E-state index in [4.69, 9.17) is 0 Å². The Hall–Kier alpha value is -4.16. The third-order valence-electron chi connectivity index (χ3n) is 8.00. The Labute approximate surface area is 225 Å². The second-order valence-corrected chi connectivity index (χ2v) is 11.1. The number of nitriles is 1. The Balaban J connectivity index is 1.28. The van der Waals surface area contributed by atoms with Crippen LogP contribution in [0.15, 0.2) is 30.3 Å². The highest BCUT2D eigenvalue weighted by Crippen LogP contribution is 2.66. The molecular weight excluding hydrogens is 566 g/mol. The number of fused-ring (bicyclic) bond motifs is 1. The van der Waals surface area contributed by atoms with E-state index in [0.717, 1.165) is 12.1 Å². The van der Waals surface area contributed by atoms with E-state index < -0.39 is 69.2 Å². The molecule has 16 heteroatoms. The van der Waals surface area contributed by atoms with E-state index in [0.29, 0.717) is 42.0 Å². The van der Waals surface area contributed by atoms with Gasteiger partial charge in [0.2, 0.25) is 0 Å². The molecule has 2 bridgehead atoms. The smallest absolute Gasteiger partial charge is 0.369 e. The molecule has 0 unspecified atom stereocenters. The maximum absolute atomic E-state index is 14.2. The van der Waals surface area contributed by atoms with Gasteiger partial charge in [-0.3, -0.25) is 0 Å². The molecule has 0 atom stereocenters. The number of rotatable bonds is 5. The number of amides is 2. The highest BCUT2D eigenvalue weighted by molar-refractivity contribution is 5.78. The molecule has 3 heterocycles. The molecule has 1 saturated heterocycles. The van der Waals surface area contributed by atoms with E-state index in [-0.39, 0.29) is 25.2 Å². The van der Waals surface area contributed by atoms with Gasteiger partial charge in [-0.15, -0.1) is 0 Å². The van der Waals surface area contributed by atoms with Crippen LogP contribution >= 0.6 is 0 Å². The van der Waals surface area contributed by atoms with Gasteiger partial charge >= 0.3 is 18.4 Å². The Morgan fingerprint density at radius 3 is 2.12 bits per heavy atom. The number of nitrogens with one attached hydrogen (secondary N) is 2. The number of benzene rings is 1. The fourth-order valence-corrected chi connectivity index (χ4v) is 6.07. The summed E-state index contributed by atoms with van der Waals surface area (Å²) in [6.45, 7) is -0.539. The summed E-state index contributed by atoms with van der Waals surface area (Å²) >= 11 is 0. The van der Waals surface area contributed by atoms with Gasteiger partial charge in [0.1, 0.15) is 17.5 Å². The van der Waals surface area contributed by atoms with Crippen LogP contribution in [0.2, 0.25) is 0 Å². The largest absolute Gasteiger partial charge is 0.435 e. The van der Waals surface area contributed by atoms with Gasteiger partial charge in [0.25, 0.3) is 0 Å². The number of nitrogens with zero attached hydrogens (tertiary/aromatic N) is 5. The summed E-state index contributed by atoms with van der Waals surface area (Å²) in [5, 5.41) is 18.1. The van der Waals surface area contributed by atoms with E-state index in [9.17, 15) is 45.2 Å². The Morgan fingerprint density at radius 2 is 1.56 bits per heavy atom. The van der Waals surface area contributed by atoms with E-state index in [1.165, 1.54) is 4.90 Å². The molecule has 41 heavy (non-hydrogen) atoms. The predicted molar refractivity (Wildman–Crippen MR) is 124 cm³/mol. The molecule has 4 fully saturated rings. The second kappa shape index (κ2) is 8.43. The average Bonchev–Trinajstić information content (AvgIpc) is 3.23. The number of halogens is 8. The molecule has 1 aromatic carbocycles. The molecule has 0 spiro atoms. The van der Waals surface area contributed by atoms with Gasteiger partial charge in [-0.2, -0.15) is 41.2 Å². The fourth-order valence-electron chi connectivity index (χ4n) is 6.07. The van der Waals surface area contributed by atoms with Crippen molar-refractivity contribution in [3.05, 3.63) is 58.9 Å². The van der Waals surface area contributed by atoms with Gasteiger partial charge in [-0.05, 0) is 37.0 Å². The van der Waals surface area contributed by atoms with Crippen LogP contribution in [0.1, 0.15) is 36.2 Å². The molecule has 3 saturated carbocycles. The maximum Gasteiger partial charge on any atom is 0.435 e. The summed E-state index contributed by atoms with van der Waals surface area (Å²) in [5.41, 5.74) is -5.69. The highest BCUT2D eigenvalue weighted by atomic mass is 19.4. The molecule has 1 aliphatic heterocycles. The number of carbonyl (C=O) groups is 1. The fraction of sp³-hybridized carbons (Fsp3) is 0.440. The lowest BCUT2D eigenvalue weighted by Gasteiger charge is -2.67. The van der Waals surface area contributed by atoms with E-state index >= 15 is 0 Å². The van der Waals surface area contributed by atoms with Crippen LogP contribution < -0.4 is 10.6 Å². The minimum Gasteiger partial charge on any atom is -0.369 e. The number of aromatic nitrogens is 3. The standard InChI is InChI=1S/C25H19F8N7O/c26-14-1-13(2-15(27)3-14)22(11-39(12-22)20(41)37-23-6-21(7-23,8-23)9-34)10-35-18-4-16(24(28,29)30)36-19-5-17(25(31,32)33)38-40(18)19/h1-5,35H,6-8,10-12H2,(H,37,41). The number of hydrogen-bond donors (Lipinski definition) is 2. The van der Waals surface area contributed by atoms with E-state index in [2.05, 4.69) is 26.8 Å². The first-order chi connectivity index (χ1) is 19.0. The summed E-state index contributed by atoms with van der Waals surface area (Å²) in [4.78, 5) is 17.5. The maximum atomic E-state index is 14.2. The number of hydrogen-bond acceptors (Lipinski definition) is 5. The van der Waals surface area contributed by atoms with Crippen LogP contribution in [0.25, 0.3) is 5.65 Å². The molecule has 8 nitrogen and oxygen atoms in total. The zero-order chi connectivity index (χ0) is 29.6. The van der Waals surface area contributed by atoms with Gasteiger partial charge in [-0.1, -0.05) is 0 Å². The van der Waals surface area contributed by atoms with Gasteiger partial charge in [0.15, 0.2) is 17.0 Å². The summed E-state index contributed by atoms with van der Waals surface area (Å²) in [7, 11) is 0. The lowest BCUT2D eigenvalue weighted by atomic mass is 9.40. The average molecular weight is 585 g/mol. The monoisotopic (exact) mass is 585 g/mol. The highest BCUT2D eigenvalue weighted by Gasteiger charge is 2.69. The van der Waals surface area contributed by atoms with Gasteiger partial charge in [-0.25, -0.2) is 18.6 Å². The molecular formula is C25H19F8N7O. The molecule has 2 N–H and O–H groups in total. The number of carbonyl (C=O) groups excluding carboxylic acids is 1. The van der Waals surface area contributed by atoms with Crippen LogP contribution in [0, 0.1) is 28.4 Å². The Kier molecular flexibility index (Phi) is 5.56. The second-order valence-electron chi connectivity index (χ2n) is 11.1. The summed E-state index contributed by atoms with van der Waals surface area (Å²) < 4.78 is 109. The lowest BCUT2D eigenvalue weighted by molar-refractivity contribution is -0.142. The lowest BCUT2D eigenvalue weighted by Crippen LogP contribution is -2.77. The van der Waals surface area contributed by atoms with Crippen molar-refractivity contribution in [2.75, 3.05) is 25.0 Å². The van der Waals surface area contributed by atoms with Crippen molar-refractivity contribution in [1.82, 2.24) is 24.8 Å². The third kappa shape index (κ3) is 4.47. The first kappa shape index (κ1) is 27.0. The summed E-state index contributed by atoms with van der Waals surface area (Å²) in [5.74, 6) is -2.34. The molecule has 2 aromatic heterocycles. The van der Waals surface area contributed by atoms with Gasteiger partial charge in [0.05, 0.1) is 11.5 Å². The first-order valence-corrected chi connectivity index (χ1v) is 12.3. The SMILES string of the molecule is N#CC12CC(NC(=O)N3CC(CNc4cc(C(F)(F)F)nc5cc(C(F)(F)F)nn45)(c4cc(F)cc(F)c4)C3)(C1)C2. The summed E-state index contributed by atoms with van der Waals surface area (Å²) in [6, 6.07) is 5.28. The van der Waals surface area contributed by atoms with E-state index in [1.807, 2.05) is 0 Å². The normalized spacial score (nSPS) is 24.6. The van der Waals surface area contributed by atoms with Crippen molar-refractivity contribution in [2.45, 2.75) is 42.6 Å². The molecule has 3 aliphatic carbocycles. The summed E-state index contributed by atoms with van der Waals surface area (Å²) in [6.07, 6.45) is -8.41. The van der Waals surface area contributed by atoms with Crippen molar-refractivity contribution in [3.63, 3.8) is 0 Å². The van der Waals surface area contributed by atoms with Crippen molar-refractivity contribution in [2.24, 2.45) is 5.41 Å². The van der Waals surface area contributed by atoms with Crippen LogP contribution in [0.3, 0.4) is 0 Å². The quantitative estimate of drug-likeness (QED) is 0.417. The zero-order valence-electron chi connectivity index (χ0n) is 20.8. The third-order valence-corrected chi connectivity index (χ3v) is 8.00. The number of likely N-dealkylation sites (tertiary alicyclic amines) is 1. The number of alkyl halides is 6. The first-order valence-electron chi connectivity index (χ1n) is 12.3. The topological polar surface area (TPSA) is 98.3 Å². The van der Waals surface area contributed by atoms with Crippen molar-refractivity contribution >= 4 is 17.5 Å². The van der Waals surface area contributed by atoms with Crippen LogP contribution in [0.4, 0.5) is 45.7 Å². The number of urea groups is 1. The van der Waals surface area contributed by atoms with Crippen molar-refractivity contribution < 1.29 is 39.9 Å². The molecule has 0 radical (unpaired) electrons. The Bertz CT molecular complexity index is 1580. The number of anilines is 1. The van der Waals surface area contributed by atoms with Crippen LogP contribution in [0.5, 0.6) is 0 Å². The van der Waals surface area contributed by atoms with Crippen LogP contribution in [-0.2, 0) is 17.8 Å². The molecule has 4 aliphatic rings. The van der Waals surface area contributed by atoms with Crippen molar-refractivity contribution in [1.29, 1.82) is 5.26 Å². The predicted octanol–water partition coefficient (Wildman–Crippen LogP) is 4.87. The van der Waals surface area contributed by atoms with Gasteiger partial charge in [0, 0.05) is 48.8 Å². The molecule has 2 amide bonds. The Morgan fingerprint density at radius 1 is 0.951 bits per heavy atom.